The predicted molar refractivity (Wildman–Crippen MR) is 77.8 cm³/mol. The minimum Gasteiger partial charge on any atom is -0.466 e. The largest absolute Gasteiger partial charge is 0.466 e. The van der Waals surface area contributed by atoms with Crippen molar-refractivity contribution in [3.05, 3.63) is 33.7 Å². The fourth-order valence-electron chi connectivity index (χ4n) is 2.83. The van der Waals surface area contributed by atoms with Crippen LogP contribution in [-0.2, 0) is 28.9 Å². The maximum Gasteiger partial charge on any atom is 0.305 e. The van der Waals surface area contributed by atoms with Gasteiger partial charge in [0.1, 0.15) is 0 Å². The standard InChI is InChI=1S/C16H23NO3/c1-2-20-16(19)9-4-3-5-12-17-14-8-6-7-13(14)10-11-15(17)18/h10-11H,2-9,12H2,1H3. The van der Waals surface area contributed by atoms with E-state index in [0.717, 1.165) is 45.1 Å². The Bertz CT molecular complexity index is 519. The van der Waals surface area contributed by atoms with Crippen LogP contribution >= 0.6 is 0 Å². The highest BCUT2D eigenvalue weighted by molar-refractivity contribution is 5.69. The number of unbranched alkanes of at least 4 members (excludes halogenated alkanes) is 2. The molecule has 0 N–H and O–H groups in total. The summed E-state index contributed by atoms with van der Waals surface area (Å²) in [4.78, 5) is 23.1. The summed E-state index contributed by atoms with van der Waals surface area (Å²) in [6, 6.07) is 3.66. The average Bonchev–Trinajstić information content (AvgIpc) is 2.89. The summed E-state index contributed by atoms with van der Waals surface area (Å²) >= 11 is 0. The summed E-state index contributed by atoms with van der Waals surface area (Å²) < 4.78 is 6.82. The van der Waals surface area contributed by atoms with Gasteiger partial charge in [0, 0.05) is 24.7 Å². The van der Waals surface area contributed by atoms with Crippen molar-refractivity contribution in [1.29, 1.82) is 0 Å². The molecule has 0 fully saturated rings. The number of carbonyl (C=O) groups is 1. The Morgan fingerprint density at radius 2 is 2.10 bits per heavy atom. The number of aromatic nitrogens is 1. The number of hydrogen-bond acceptors (Lipinski definition) is 3. The zero-order chi connectivity index (χ0) is 14.4. The van der Waals surface area contributed by atoms with E-state index < -0.39 is 0 Å². The number of nitrogens with zero attached hydrogens (tertiary/aromatic N) is 1. The molecule has 1 aromatic rings. The van der Waals surface area contributed by atoms with Crippen molar-refractivity contribution in [2.45, 2.75) is 58.4 Å². The number of fused-ring (bicyclic) bond motifs is 1. The molecule has 1 heterocycles. The van der Waals surface area contributed by atoms with Gasteiger partial charge in [-0.15, -0.1) is 0 Å². The highest BCUT2D eigenvalue weighted by atomic mass is 16.5. The SMILES string of the molecule is CCOC(=O)CCCCCn1c2c(ccc1=O)CCC2. The average molecular weight is 277 g/mol. The molecule has 0 aliphatic heterocycles. The van der Waals surface area contributed by atoms with Gasteiger partial charge in [-0.2, -0.15) is 0 Å². The molecule has 1 aliphatic carbocycles. The van der Waals surface area contributed by atoms with Crippen molar-refractivity contribution in [3.63, 3.8) is 0 Å². The first-order valence-corrected chi connectivity index (χ1v) is 7.59. The lowest BCUT2D eigenvalue weighted by Gasteiger charge is -2.11. The second kappa shape index (κ2) is 7.27. The fourth-order valence-corrected chi connectivity index (χ4v) is 2.83. The molecule has 0 radical (unpaired) electrons. The van der Waals surface area contributed by atoms with Crippen LogP contribution in [-0.4, -0.2) is 17.1 Å². The van der Waals surface area contributed by atoms with Crippen molar-refractivity contribution < 1.29 is 9.53 Å². The number of rotatable bonds is 7. The summed E-state index contributed by atoms with van der Waals surface area (Å²) in [5.74, 6) is -0.120. The molecule has 1 aromatic heterocycles. The molecule has 0 spiro atoms. The molecule has 20 heavy (non-hydrogen) atoms. The van der Waals surface area contributed by atoms with Crippen LogP contribution in [0.3, 0.4) is 0 Å². The van der Waals surface area contributed by atoms with E-state index in [4.69, 9.17) is 4.74 Å². The summed E-state index contributed by atoms with van der Waals surface area (Å²) in [6.45, 7) is 3.04. The highest BCUT2D eigenvalue weighted by Crippen LogP contribution is 2.20. The van der Waals surface area contributed by atoms with Gasteiger partial charge in [-0.25, -0.2) is 0 Å². The number of pyridine rings is 1. The third-order valence-electron chi connectivity index (χ3n) is 3.82. The first-order valence-electron chi connectivity index (χ1n) is 7.59. The molecule has 4 heteroatoms. The highest BCUT2D eigenvalue weighted by Gasteiger charge is 2.15. The van der Waals surface area contributed by atoms with E-state index in [1.807, 2.05) is 17.6 Å². The van der Waals surface area contributed by atoms with Crippen LogP contribution in [0.15, 0.2) is 16.9 Å². The fraction of sp³-hybridized carbons (Fsp3) is 0.625. The molecule has 4 nitrogen and oxygen atoms in total. The number of aryl methyl sites for hydroxylation is 1. The first-order chi connectivity index (χ1) is 9.72. The van der Waals surface area contributed by atoms with Crippen molar-refractivity contribution in [2.75, 3.05) is 6.61 Å². The van der Waals surface area contributed by atoms with Crippen LogP contribution in [0, 0.1) is 0 Å². The minimum atomic E-state index is -0.120. The third kappa shape index (κ3) is 3.71. The predicted octanol–water partition coefficient (Wildman–Crippen LogP) is 2.46. The molecule has 0 saturated heterocycles. The van der Waals surface area contributed by atoms with Crippen molar-refractivity contribution in [1.82, 2.24) is 4.57 Å². The van der Waals surface area contributed by atoms with Gasteiger partial charge in [-0.3, -0.25) is 9.59 Å². The molecule has 0 aromatic carbocycles. The molecule has 0 amide bonds. The van der Waals surface area contributed by atoms with E-state index in [-0.39, 0.29) is 11.5 Å². The summed E-state index contributed by atoms with van der Waals surface area (Å²) in [6.07, 6.45) is 6.48. The lowest BCUT2D eigenvalue weighted by atomic mass is 10.1. The Morgan fingerprint density at radius 3 is 2.90 bits per heavy atom. The monoisotopic (exact) mass is 277 g/mol. The Balaban J connectivity index is 1.79. The first kappa shape index (κ1) is 14.8. The van der Waals surface area contributed by atoms with E-state index in [0.29, 0.717) is 13.0 Å². The second-order valence-corrected chi connectivity index (χ2v) is 5.26. The van der Waals surface area contributed by atoms with E-state index in [1.54, 1.807) is 6.07 Å². The number of ether oxygens (including phenoxy) is 1. The summed E-state index contributed by atoms with van der Waals surface area (Å²) in [5.41, 5.74) is 2.66. The van der Waals surface area contributed by atoms with Crippen LogP contribution in [0.25, 0.3) is 0 Å². The van der Waals surface area contributed by atoms with E-state index in [2.05, 4.69) is 0 Å². The lowest BCUT2D eigenvalue weighted by molar-refractivity contribution is -0.143. The molecule has 0 saturated carbocycles. The van der Waals surface area contributed by atoms with Crippen LogP contribution in [0.1, 0.15) is 50.3 Å². The smallest absolute Gasteiger partial charge is 0.305 e. The molecular formula is C16H23NO3. The van der Waals surface area contributed by atoms with Crippen molar-refractivity contribution in [3.8, 4) is 0 Å². The minimum absolute atomic E-state index is 0.107. The van der Waals surface area contributed by atoms with Gasteiger partial charge in [0.25, 0.3) is 5.56 Å². The topological polar surface area (TPSA) is 48.3 Å². The van der Waals surface area contributed by atoms with Crippen molar-refractivity contribution in [2.24, 2.45) is 0 Å². The van der Waals surface area contributed by atoms with Gasteiger partial charge in [-0.1, -0.05) is 12.5 Å². The van der Waals surface area contributed by atoms with E-state index >= 15 is 0 Å². The van der Waals surface area contributed by atoms with Gasteiger partial charge < -0.3 is 9.30 Å². The Kier molecular flexibility index (Phi) is 5.39. The quantitative estimate of drug-likeness (QED) is 0.568. The maximum absolute atomic E-state index is 11.9. The van der Waals surface area contributed by atoms with Gasteiger partial charge in [0.2, 0.25) is 0 Å². The molecule has 0 bridgehead atoms. The van der Waals surface area contributed by atoms with Gasteiger partial charge in [0.05, 0.1) is 6.61 Å². The van der Waals surface area contributed by atoms with Gasteiger partial charge in [0.15, 0.2) is 0 Å². The molecule has 110 valence electrons. The molecular weight excluding hydrogens is 254 g/mol. The maximum atomic E-state index is 11.9. The van der Waals surface area contributed by atoms with Crippen molar-refractivity contribution >= 4 is 5.97 Å². The summed E-state index contributed by atoms with van der Waals surface area (Å²) in [7, 11) is 0. The normalized spacial score (nSPS) is 13.2. The summed E-state index contributed by atoms with van der Waals surface area (Å²) in [5, 5.41) is 0. The van der Waals surface area contributed by atoms with Crippen LogP contribution in [0.2, 0.25) is 0 Å². The molecule has 0 atom stereocenters. The Labute approximate surface area is 119 Å². The van der Waals surface area contributed by atoms with E-state index in [1.165, 1.54) is 11.3 Å². The Hall–Kier alpha value is -1.58. The van der Waals surface area contributed by atoms with Gasteiger partial charge >= 0.3 is 5.97 Å². The van der Waals surface area contributed by atoms with E-state index in [9.17, 15) is 9.59 Å². The molecule has 2 rings (SSSR count). The third-order valence-corrected chi connectivity index (χ3v) is 3.82. The molecule has 0 unspecified atom stereocenters. The lowest BCUT2D eigenvalue weighted by Crippen LogP contribution is -2.22. The van der Waals surface area contributed by atoms with Gasteiger partial charge in [-0.05, 0) is 44.6 Å². The van der Waals surface area contributed by atoms with Crippen LogP contribution < -0.4 is 5.56 Å². The van der Waals surface area contributed by atoms with Crippen LogP contribution in [0.4, 0.5) is 0 Å². The number of carbonyl (C=O) groups excluding carboxylic acids is 1. The zero-order valence-electron chi connectivity index (χ0n) is 12.2. The second-order valence-electron chi connectivity index (χ2n) is 5.26. The zero-order valence-corrected chi connectivity index (χ0v) is 12.2. The Morgan fingerprint density at radius 1 is 1.25 bits per heavy atom. The number of hydrogen-bond donors (Lipinski definition) is 0. The van der Waals surface area contributed by atoms with Crippen LogP contribution in [0.5, 0.6) is 0 Å². The molecule has 1 aliphatic rings. The number of esters is 1.